The molecule has 1 heterocycles. The smallest absolute Gasteiger partial charge is 0.744 e. The van der Waals surface area contributed by atoms with Crippen LogP contribution in [0.3, 0.4) is 0 Å². The van der Waals surface area contributed by atoms with Gasteiger partial charge in [0.1, 0.15) is 27.8 Å². The van der Waals surface area contributed by atoms with E-state index in [0.717, 1.165) is 21.5 Å². The van der Waals surface area contributed by atoms with Crippen LogP contribution in [0.4, 0.5) is 5.69 Å². The molecule has 8 nitrogen and oxygen atoms in total. The van der Waals surface area contributed by atoms with Crippen LogP contribution in [-0.4, -0.2) is 25.2 Å². The Morgan fingerprint density at radius 1 is 0.810 bits per heavy atom. The molecule has 0 aliphatic carbocycles. The van der Waals surface area contributed by atoms with Crippen molar-refractivity contribution in [1.82, 2.24) is 5.32 Å². The Morgan fingerprint density at radius 3 is 2.00 bits per heavy atom. The van der Waals surface area contributed by atoms with Gasteiger partial charge < -0.3 is 19.3 Å². The van der Waals surface area contributed by atoms with E-state index >= 15 is 0 Å². The summed E-state index contributed by atoms with van der Waals surface area (Å²) < 4.78 is 47.8. The molecule has 0 saturated heterocycles. The SMILES string of the molecule is C=Cc1ccc(NC2C=C(Oc3ccc4ccccc4c3)NC(Oc3ccc4ccccc4c3)=N2)cc1S(=O)(=O)[O-].[Na+]. The summed E-state index contributed by atoms with van der Waals surface area (Å²) in [5, 5.41) is 10.4. The van der Waals surface area contributed by atoms with Crippen LogP contribution in [0.2, 0.25) is 0 Å². The summed E-state index contributed by atoms with van der Waals surface area (Å²) in [6, 6.07) is 31.9. The molecule has 5 aromatic rings. The second kappa shape index (κ2) is 12.4. The van der Waals surface area contributed by atoms with Crippen LogP contribution in [0.15, 0.2) is 132 Å². The molecule has 0 radical (unpaired) electrons. The molecule has 10 heteroatoms. The molecule has 1 atom stereocenters. The summed E-state index contributed by atoms with van der Waals surface area (Å²) in [5.41, 5.74) is 0.586. The number of ether oxygens (including phenoxy) is 2. The number of nitrogens with zero attached hydrogens (tertiary/aromatic N) is 1. The maximum Gasteiger partial charge on any atom is 1.00 e. The van der Waals surface area contributed by atoms with Gasteiger partial charge in [-0.1, -0.05) is 79.4 Å². The third kappa shape index (κ3) is 6.67. The van der Waals surface area contributed by atoms with Gasteiger partial charge >= 0.3 is 29.6 Å². The van der Waals surface area contributed by atoms with E-state index < -0.39 is 16.3 Å². The number of aliphatic imine (C=N–C) groups is 1. The number of anilines is 1. The number of benzene rings is 5. The second-order valence-electron chi connectivity index (χ2n) is 9.31. The molecule has 5 aromatic carbocycles. The molecule has 0 spiro atoms. The molecule has 0 bridgehead atoms. The molecule has 6 rings (SSSR count). The van der Waals surface area contributed by atoms with Gasteiger partial charge in [-0.15, -0.1) is 0 Å². The Balaban J connectivity index is 0.00000353. The van der Waals surface area contributed by atoms with Crippen LogP contribution in [0.5, 0.6) is 11.5 Å². The molecule has 2 N–H and O–H groups in total. The first-order valence-corrected chi connectivity index (χ1v) is 14.1. The summed E-state index contributed by atoms with van der Waals surface area (Å²) in [5.74, 6) is 1.52. The van der Waals surface area contributed by atoms with Crippen molar-refractivity contribution in [2.45, 2.75) is 11.1 Å². The summed E-state index contributed by atoms with van der Waals surface area (Å²) in [7, 11) is -4.72. The van der Waals surface area contributed by atoms with E-state index in [4.69, 9.17) is 9.47 Å². The summed E-state index contributed by atoms with van der Waals surface area (Å²) in [4.78, 5) is 4.22. The second-order valence-corrected chi connectivity index (χ2v) is 10.7. The van der Waals surface area contributed by atoms with E-state index in [1.165, 1.54) is 18.2 Å². The van der Waals surface area contributed by atoms with E-state index in [2.05, 4.69) is 22.2 Å². The van der Waals surface area contributed by atoms with Gasteiger partial charge in [0.25, 0.3) is 6.02 Å². The number of rotatable bonds is 7. The third-order valence-corrected chi connectivity index (χ3v) is 7.39. The van der Waals surface area contributed by atoms with Crippen LogP contribution in [0, 0.1) is 0 Å². The average molecular weight is 586 g/mol. The fraction of sp³-hybridized carbons (Fsp3) is 0.0312. The summed E-state index contributed by atoms with van der Waals surface area (Å²) >= 11 is 0. The fourth-order valence-electron chi connectivity index (χ4n) is 4.55. The molecule has 204 valence electrons. The van der Waals surface area contributed by atoms with Gasteiger partial charge in [-0.05, 0) is 63.5 Å². The molecule has 0 amide bonds. The van der Waals surface area contributed by atoms with Gasteiger partial charge in [-0.2, -0.15) is 0 Å². The van der Waals surface area contributed by atoms with Crippen molar-refractivity contribution in [3.63, 3.8) is 0 Å². The Morgan fingerprint density at radius 2 is 1.40 bits per heavy atom. The molecule has 1 aliphatic rings. The fourth-order valence-corrected chi connectivity index (χ4v) is 5.26. The van der Waals surface area contributed by atoms with E-state index in [1.807, 2.05) is 84.9 Å². The first-order valence-electron chi connectivity index (χ1n) is 12.7. The van der Waals surface area contributed by atoms with Gasteiger partial charge in [0.15, 0.2) is 0 Å². The van der Waals surface area contributed by atoms with Gasteiger partial charge in [0, 0.05) is 11.8 Å². The number of hydrogen-bond donors (Lipinski definition) is 2. The van der Waals surface area contributed by atoms with Crippen LogP contribution in [0.25, 0.3) is 27.6 Å². The van der Waals surface area contributed by atoms with Gasteiger partial charge in [0.2, 0.25) is 5.88 Å². The van der Waals surface area contributed by atoms with Crippen LogP contribution < -0.4 is 49.7 Å². The zero-order valence-electron chi connectivity index (χ0n) is 22.7. The molecule has 1 aliphatic heterocycles. The first-order chi connectivity index (χ1) is 19.8. The third-order valence-electron chi connectivity index (χ3n) is 6.50. The molecule has 0 fully saturated rings. The average Bonchev–Trinajstić information content (AvgIpc) is 2.96. The maximum atomic E-state index is 11.8. The maximum absolute atomic E-state index is 11.8. The van der Waals surface area contributed by atoms with Gasteiger partial charge in [-0.25, -0.2) is 13.4 Å². The van der Waals surface area contributed by atoms with Gasteiger partial charge in [-0.3, -0.25) is 5.32 Å². The van der Waals surface area contributed by atoms with E-state index in [0.29, 0.717) is 23.1 Å². The molecule has 0 saturated carbocycles. The summed E-state index contributed by atoms with van der Waals surface area (Å²) in [6.45, 7) is 3.59. The van der Waals surface area contributed by atoms with Crippen molar-refractivity contribution in [1.29, 1.82) is 0 Å². The monoisotopic (exact) mass is 585 g/mol. The van der Waals surface area contributed by atoms with E-state index in [1.54, 1.807) is 12.1 Å². The molecular formula is C32H24N3NaO5S. The molecule has 0 aromatic heterocycles. The van der Waals surface area contributed by atoms with E-state index in [-0.39, 0.29) is 46.0 Å². The van der Waals surface area contributed by atoms with Crippen molar-refractivity contribution >= 4 is 49.4 Å². The standard InChI is InChI=1S/C32H25N3O5S.Na/c1-2-21-11-14-26(19-29(21)41(36,37)38)33-30-20-31(39-27-15-12-22-7-3-5-9-24(22)17-27)35-32(34-30)40-28-16-13-23-8-4-6-10-25(23)18-28;/h2-20,30,33H,1H2,(H,34,35)(H,36,37,38);/q;+1/p-1. The Labute approximate surface area is 265 Å². The zero-order chi connectivity index (χ0) is 28.4. The number of hydrogen-bond acceptors (Lipinski definition) is 8. The quantitative estimate of drug-likeness (QED) is 0.223. The van der Waals surface area contributed by atoms with Crippen LogP contribution in [-0.2, 0) is 10.1 Å². The Kier molecular flexibility index (Phi) is 8.67. The number of nitrogens with one attached hydrogen (secondary N) is 2. The normalized spacial score (nSPS) is 14.6. The molecule has 1 unspecified atom stereocenters. The van der Waals surface area contributed by atoms with E-state index in [9.17, 15) is 13.0 Å². The van der Waals surface area contributed by atoms with Crippen molar-refractivity contribution in [3.05, 3.63) is 127 Å². The minimum absolute atomic E-state index is 0. The largest absolute Gasteiger partial charge is 1.00 e. The van der Waals surface area contributed by atoms with Crippen LogP contribution in [0.1, 0.15) is 5.56 Å². The Hall–Kier alpha value is -4.12. The topological polar surface area (TPSA) is 112 Å². The number of amidine groups is 1. The minimum atomic E-state index is -4.72. The number of fused-ring (bicyclic) bond motifs is 2. The van der Waals surface area contributed by atoms with Crippen LogP contribution >= 0.6 is 0 Å². The van der Waals surface area contributed by atoms with Crippen molar-refractivity contribution in [2.24, 2.45) is 4.99 Å². The van der Waals surface area contributed by atoms with Crippen molar-refractivity contribution < 1.29 is 52.0 Å². The zero-order valence-corrected chi connectivity index (χ0v) is 25.5. The predicted octanol–water partition coefficient (Wildman–Crippen LogP) is 3.24. The minimum Gasteiger partial charge on any atom is -0.744 e. The van der Waals surface area contributed by atoms with Crippen molar-refractivity contribution in [2.75, 3.05) is 5.32 Å². The first kappa shape index (κ1) is 29.4. The predicted molar refractivity (Wildman–Crippen MR) is 160 cm³/mol. The summed E-state index contributed by atoms with van der Waals surface area (Å²) in [6.07, 6.45) is 2.29. The van der Waals surface area contributed by atoms with Crippen molar-refractivity contribution in [3.8, 4) is 11.5 Å². The molecule has 42 heavy (non-hydrogen) atoms. The Bertz CT molecular complexity index is 1880. The van der Waals surface area contributed by atoms with Gasteiger partial charge in [0.05, 0.1) is 4.90 Å². The molecular weight excluding hydrogens is 561 g/mol.